The van der Waals surface area contributed by atoms with E-state index in [1.54, 1.807) is 0 Å². The van der Waals surface area contributed by atoms with Crippen molar-refractivity contribution in [2.45, 2.75) is 326 Å². The Morgan fingerprint density at radius 2 is 0.800 bits per heavy atom. The van der Waals surface area contributed by atoms with Crippen LogP contribution in [0.1, 0.15) is 271 Å². The van der Waals surface area contributed by atoms with Crippen LogP contribution >= 0.6 is 0 Å². The van der Waals surface area contributed by atoms with Crippen molar-refractivity contribution in [1.82, 2.24) is 5.32 Å². The van der Waals surface area contributed by atoms with Gasteiger partial charge < -0.3 is 50.5 Å². The number of aliphatic hydroxyl groups is 7. The van der Waals surface area contributed by atoms with E-state index in [0.29, 0.717) is 19.3 Å². The molecule has 0 aromatic heterocycles. The van der Waals surface area contributed by atoms with E-state index in [2.05, 4.69) is 19.2 Å². The predicted octanol–water partition coefficient (Wildman–Crippen LogP) is 11.0. The number of aliphatic hydroxyl groups excluding tert-OH is 7. The fourth-order valence-electron chi connectivity index (χ4n) is 9.33. The molecule has 1 aliphatic rings. The molecule has 8 N–H and O–H groups in total. The summed E-state index contributed by atoms with van der Waals surface area (Å²) in [6.07, 6.45) is 37.2. The molecule has 1 amide bonds. The lowest BCUT2D eigenvalue weighted by molar-refractivity contribution is -0.303. The van der Waals surface area contributed by atoms with E-state index >= 15 is 0 Å². The summed E-state index contributed by atoms with van der Waals surface area (Å²) in [5, 5.41) is 76.0. The van der Waals surface area contributed by atoms with Gasteiger partial charge in [-0.2, -0.15) is 0 Å². The highest BCUT2D eigenvalue weighted by molar-refractivity contribution is 5.80. The number of carbonyl (C=O) groups excluding carboxylic acids is 1. The Labute approximate surface area is 399 Å². The molecule has 1 rings (SSSR count). The third-order valence-electron chi connectivity index (χ3n) is 13.9. The second-order valence-electron chi connectivity index (χ2n) is 20.0. The first-order chi connectivity index (χ1) is 31.7. The highest BCUT2D eigenvalue weighted by atomic mass is 16.7. The van der Waals surface area contributed by atoms with E-state index in [9.17, 15) is 40.5 Å². The molecule has 1 saturated heterocycles. The van der Waals surface area contributed by atoms with Crippen molar-refractivity contribution < 1.29 is 50.0 Å². The van der Waals surface area contributed by atoms with Crippen LogP contribution in [0.5, 0.6) is 0 Å². The largest absolute Gasteiger partial charge is 0.394 e. The van der Waals surface area contributed by atoms with Crippen molar-refractivity contribution in [3.63, 3.8) is 0 Å². The van der Waals surface area contributed by atoms with Crippen LogP contribution in [-0.2, 0) is 14.3 Å². The molecule has 9 unspecified atom stereocenters. The molecule has 0 bridgehead atoms. The van der Waals surface area contributed by atoms with Gasteiger partial charge in [0.25, 0.3) is 0 Å². The van der Waals surface area contributed by atoms with Gasteiger partial charge in [0.2, 0.25) is 5.91 Å². The SMILES string of the molecule is CCCCCCCCCCCCCCCCCCCCCCCCCC(O)C(=O)NC(COC1OC(CO)C(O)C(O)C1O)C(O)C(O)CCCCCCCCCCCCCCCCC. The normalized spacial score (nSPS) is 20.8. The number of ether oxygens (including phenoxy) is 2. The van der Waals surface area contributed by atoms with E-state index in [4.69, 9.17) is 9.47 Å². The van der Waals surface area contributed by atoms with E-state index < -0.39 is 74.2 Å². The van der Waals surface area contributed by atoms with Crippen molar-refractivity contribution in [3.8, 4) is 0 Å². The molecule has 11 heteroatoms. The smallest absolute Gasteiger partial charge is 0.249 e. The van der Waals surface area contributed by atoms with Crippen LogP contribution in [-0.4, -0.2) is 110 Å². The number of carbonyl (C=O) groups is 1. The van der Waals surface area contributed by atoms with Gasteiger partial charge >= 0.3 is 0 Å². The van der Waals surface area contributed by atoms with Gasteiger partial charge in [-0.05, 0) is 12.8 Å². The Balaban J connectivity index is 2.30. The highest BCUT2D eigenvalue weighted by Crippen LogP contribution is 2.23. The van der Waals surface area contributed by atoms with Gasteiger partial charge in [-0.3, -0.25) is 4.79 Å². The number of hydrogen-bond acceptors (Lipinski definition) is 10. The van der Waals surface area contributed by atoms with E-state index in [1.165, 1.54) is 193 Å². The van der Waals surface area contributed by atoms with Gasteiger partial charge in [0.1, 0.15) is 36.6 Å². The zero-order chi connectivity index (χ0) is 47.6. The second kappa shape index (κ2) is 44.3. The summed E-state index contributed by atoms with van der Waals surface area (Å²) in [5.41, 5.74) is 0. The molecular formula is C54H107NO10. The van der Waals surface area contributed by atoms with Crippen LogP contribution in [0.4, 0.5) is 0 Å². The third-order valence-corrected chi connectivity index (χ3v) is 13.9. The quantitative estimate of drug-likeness (QED) is 0.0273. The van der Waals surface area contributed by atoms with Crippen molar-refractivity contribution in [1.29, 1.82) is 0 Å². The molecule has 0 saturated carbocycles. The van der Waals surface area contributed by atoms with Gasteiger partial charge in [0.05, 0.1) is 25.4 Å². The predicted molar refractivity (Wildman–Crippen MR) is 266 cm³/mol. The fourth-order valence-corrected chi connectivity index (χ4v) is 9.33. The summed E-state index contributed by atoms with van der Waals surface area (Å²) >= 11 is 0. The molecule has 0 spiro atoms. The summed E-state index contributed by atoms with van der Waals surface area (Å²) in [6, 6.07) is -1.16. The molecule has 0 aliphatic carbocycles. The lowest BCUT2D eigenvalue weighted by atomic mass is 9.98. The van der Waals surface area contributed by atoms with Crippen LogP contribution in [0.15, 0.2) is 0 Å². The Bertz CT molecular complexity index is 1020. The molecule has 65 heavy (non-hydrogen) atoms. The Morgan fingerprint density at radius 1 is 0.477 bits per heavy atom. The zero-order valence-corrected chi connectivity index (χ0v) is 42.2. The first kappa shape index (κ1) is 62.1. The van der Waals surface area contributed by atoms with Gasteiger partial charge in [0.15, 0.2) is 6.29 Å². The van der Waals surface area contributed by atoms with Crippen molar-refractivity contribution in [2.24, 2.45) is 0 Å². The molecule has 1 fully saturated rings. The summed E-state index contributed by atoms with van der Waals surface area (Å²) in [5.74, 6) is -0.690. The lowest BCUT2D eigenvalue weighted by Gasteiger charge is -2.40. The van der Waals surface area contributed by atoms with Crippen LogP contribution in [0, 0.1) is 0 Å². The van der Waals surface area contributed by atoms with E-state index in [0.717, 1.165) is 38.5 Å². The number of amides is 1. The number of rotatable bonds is 48. The molecule has 388 valence electrons. The maximum absolute atomic E-state index is 13.2. The third kappa shape index (κ3) is 33.3. The summed E-state index contributed by atoms with van der Waals surface area (Å²) in [4.78, 5) is 13.2. The van der Waals surface area contributed by atoms with Crippen molar-refractivity contribution >= 4 is 5.91 Å². The molecule has 0 aromatic carbocycles. The van der Waals surface area contributed by atoms with Gasteiger partial charge in [-0.25, -0.2) is 0 Å². The van der Waals surface area contributed by atoms with Gasteiger partial charge in [-0.1, -0.05) is 258 Å². The van der Waals surface area contributed by atoms with Gasteiger partial charge in [0, 0.05) is 0 Å². The monoisotopic (exact) mass is 930 g/mol. The van der Waals surface area contributed by atoms with Crippen molar-refractivity contribution in [3.05, 3.63) is 0 Å². The molecule has 9 atom stereocenters. The minimum atomic E-state index is -1.66. The topological polar surface area (TPSA) is 189 Å². The summed E-state index contributed by atoms with van der Waals surface area (Å²) < 4.78 is 11.1. The average molecular weight is 930 g/mol. The molecular weight excluding hydrogens is 823 g/mol. The van der Waals surface area contributed by atoms with E-state index in [1.807, 2.05) is 0 Å². The lowest BCUT2D eigenvalue weighted by Crippen LogP contribution is -2.60. The first-order valence-electron chi connectivity index (χ1n) is 27.9. The van der Waals surface area contributed by atoms with Gasteiger partial charge in [-0.15, -0.1) is 0 Å². The number of nitrogens with one attached hydrogen (secondary N) is 1. The Hall–Kier alpha value is -0.890. The maximum atomic E-state index is 13.2. The summed E-state index contributed by atoms with van der Waals surface area (Å²) in [7, 11) is 0. The first-order valence-corrected chi connectivity index (χ1v) is 27.9. The molecule has 1 heterocycles. The molecule has 0 radical (unpaired) electrons. The van der Waals surface area contributed by atoms with Crippen LogP contribution in [0.2, 0.25) is 0 Å². The zero-order valence-electron chi connectivity index (χ0n) is 42.2. The summed E-state index contributed by atoms with van der Waals surface area (Å²) in [6.45, 7) is 3.48. The Morgan fingerprint density at radius 3 is 1.14 bits per heavy atom. The Kier molecular flexibility index (Phi) is 42.4. The average Bonchev–Trinajstić information content (AvgIpc) is 3.31. The molecule has 11 nitrogen and oxygen atoms in total. The molecule has 0 aromatic rings. The van der Waals surface area contributed by atoms with Crippen molar-refractivity contribution in [2.75, 3.05) is 13.2 Å². The van der Waals surface area contributed by atoms with Crippen LogP contribution < -0.4 is 5.32 Å². The highest BCUT2D eigenvalue weighted by Gasteiger charge is 2.44. The fraction of sp³-hybridized carbons (Fsp3) is 0.981. The minimum Gasteiger partial charge on any atom is -0.394 e. The van der Waals surface area contributed by atoms with E-state index in [-0.39, 0.29) is 6.42 Å². The maximum Gasteiger partial charge on any atom is 0.249 e. The minimum absolute atomic E-state index is 0.267. The standard InChI is InChI=1S/C54H107NO10/c1-3-5-7-9-11-13-15-17-19-20-21-22-23-24-25-26-28-30-32-34-36-38-40-42-47(58)53(63)55-45(44-64-54-52(62)51(61)50(60)48(43-56)65-54)49(59)46(57)41-39-37-35-33-31-29-27-18-16-14-12-10-8-6-4-2/h45-52,54,56-62H,3-44H2,1-2H3,(H,55,63). The molecule has 1 aliphatic heterocycles. The van der Waals surface area contributed by atoms with Crippen LogP contribution in [0.25, 0.3) is 0 Å². The van der Waals surface area contributed by atoms with Crippen LogP contribution in [0.3, 0.4) is 0 Å². The second-order valence-corrected chi connectivity index (χ2v) is 20.0. The number of unbranched alkanes of at least 4 members (excludes halogenated alkanes) is 36. The number of hydrogen-bond donors (Lipinski definition) is 8.